The first-order valence-electron chi connectivity index (χ1n) is 7.05. The Morgan fingerprint density at radius 2 is 1.86 bits per heavy atom. The molecule has 1 aliphatic heterocycles. The van der Waals surface area contributed by atoms with Crippen LogP contribution in [0.5, 0.6) is 0 Å². The van der Waals surface area contributed by atoms with Crippen molar-refractivity contribution in [2.45, 2.75) is 18.9 Å². The summed E-state index contributed by atoms with van der Waals surface area (Å²) in [4.78, 5) is 24.8. The molecule has 1 saturated heterocycles. The third-order valence-corrected chi connectivity index (χ3v) is 3.65. The normalized spacial score (nSPS) is 17.0. The van der Waals surface area contributed by atoms with Gasteiger partial charge in [-0.1, -0.05) is 12.1 Å². The van der Waals surface area contributed by atoms with Crippen LogP contribution in [0.3, 0.4) is 0 Å². The first-order valence-corrected chi connectivity index (χ1v) is 7.05. The molecule has 0 atom stereocenters. The summed E-state index contributed by atoms with van der Waals surface area (Å²) in [5.41, 5.74) is 1.04. The fourth-order valence-electron chi connectivity index (χ4n) is 2.31. The fraction of sp³-hybridized carbons (Fsp3) is 0.375. The van der Waals surface area contributed by atoms with Crippen molar-refractivity contribution >= 4 is 18.0 Å². The lowest BCUT2D eigenvalue weighted by Crippen LogP contribution is -2.42. The molecule has 1 fully saturated rings. The number of carboxylic acid groups (broad SMARTS) is 1. The Balaban J connectivity index is 1.85. The van der Waals surface area contributed by atoms with Crippen molar-refractivity contribution in [2.24, 2.45) is 0 Å². The van der Waals surface area contributed by atoms with Crippen molar-refractivity contribution in [3.8, 4) is 0 Å². The number of amides is 1. The number of aromatic carboxylic acids is 1. The van der Waals surface area contributed by atoms with Crippen LogP contribution in [0, 0.1) is 0 Å². The molecule has 5 heteroatoms. The topological polar surface area (TPSA) is 69.6 Å². The molecule has 5 nitrogen and oxygen atoms in total. The summed E-state index contributed by atoms with van der Waals surface area (Å²) >= 11 is 0. The molecule has 0 aromatic heterocycles. The van der Waals surface area contributed by atoms with Crippen LogP contribution in [-0.4, -0.2) is 48.1 Å². The average molecular weight is 288 g/mol. The zero-order valence-electron chi connectivity index (χ0n) is 12.1. The second-order valence-electron chi connectivity index (χ2n) is 5.35. The van der Waals surface area contributed by atoms with E-state index in [0.29, 0.717) is 0 Å². The molecule has 2 rings (SSSR count). The highest BCUT2D eigenvalue weighted by atomic mass is 16.4. The second-order valence-corrected chi connectivity index (χ2v) is 5.35. The molecule has 1 heterocycles. The van der Waals surface area contributed by atoms with Crippen molar-refractivity contribution in [1.29, 1.82) is 0 Å². The van der Waals surface area contributed by atoms with Gasteiger partial charge in [0.15, 0.2) is 0 Å². The Morgan fingerprint density at radius 1 is 1.24 bits per heavy atom. The van der Waals surface area contributed by atoms with Gasteiger partial charge in [-0.3, -0.25) is 4.79 Å². The number of benzene rings is 1. The maximum absolute atomic E-state index is 11.8. The van der Waals surface area contributed by atoms with Gasteiger partial charge >= 0.3 is 5.97 Å². The minimum atomic E-state index is -0.953. The monoisotopic (exact) mass is 288 g/mol. The largest absolute Gasteiger partial charge is 0.478 e. The Kier molecular flexibility index (Phi) is 5.11. The van der Waals surface area contributed by atoms with Gasteiger partial charge in [-0.25, -0.2) is 4.79 Å². The van der Waals surface area contributed by atoms with E-state index in [4.69, 9.17) is 5.11 Å². The summed E-state index contributed by atoms with van der Waals surface area (Å²) in [5.74, 6) is -1.06. The number of carbonyl (C=O) groups is 2. The first kappa shape index (κ1) is 15.3. The molecular weight excluding hydrogens is 268 g/mol. The third-order valence-electron chi connectivity index (χ3n) is 3.65. The van der Waals surface area contributed by atoms with Gasteiger partial charge in [0.1, 0.15) is 0 Å². The van der Waals surface area contributed by atoms with E-state index in [2.05, 4.69) is 17.3 Å². The van der Waals surface area contributed by atoms with Crippen LogP contribution in [0.1, 0.15) is 28.8 Å². The van der Waals surface area contributed by atoms with Crippen LogP contribution >= 0.6 is 0 Å². The second kappa shape index (κ2) is 7.04. The number of carbonyl (C=O) groups excluding carboxylic acids is 1. The molecule has 0 bridgehead atoms. The van der Waals surface area contributed by atoms with E-state index >= 15 is 0 Å². The minimum Gasteiger partial charge on any atom is -0.478 e. The van der Waals surface area contributed by atoms with Crippen LogP contribution in [0.2, 0.25) is 0 Å². The van der Waals surface area contributed by atoms with Crippen LogP contribution < -0.4 is 5.32 Å². The number of nitrogens with one attached hydrogen (secondary N) is 1. The smallest absolute Gasteiger partial charge is 0.335 e. The van der Waals surface area contributed by atoms with Crippen molar-refractivity contribution in [1.82, 2.24) is 10.2 Å². The Hall–Kier alpha value is -2.14. The molecule has 0 spiro atoms. The van der Waals surface area contributed by atoms with Gasteiger partial charge in [0, 0.05) is 12.1 Å². The number of likely N-dealkylation sites (tertiary alicyclic amines) is 1. The zero-order chi connectivity index (χ0) is 15.2. The van der Waals surface area contributed by atoms with E-state index in [0.717, 1.165) is 31.5 Å². The Labute approximate surface area is 124 Å². The van der Waals surface area contributed by atoms with E-state index in [1.165, 1.54) is 18.2 Å². The molecule has 0 aliphatic carbocycles. The van der Waals surface area contributed by atoms with E-state index < -0.39 is 5.97 Å². The number of hydrogen-bond acceptors (Lipinski definition) is 3. The van der Waals surface area contributed by atoms with Crippen molar-refractivity contribution < 1.29 is 14.7 Å². The predicted octanol–water partition coefficient (Wildman–Crippen LogP) is 1.61. The predicted molar refractivity (Wildman–Crippen MR) is 81.1 cm³/mol. The van der Waals surface area contributed by atoms with Gasteiger partial charge in [0.2, 0.25) is 5.91 Å². The molecule has 2 N–H and O–H groups in total. The quantitative estimate of drug-likeness (QED) is 0.826. The maximum Gasteiger partial charge on any atom is 0.335 e. The van der Waals surface area contributed by atoms with E-state index in [1.54, 1.807) is 18.2 Å². The molecular formula is C16H20N2O3. The lowest BCUT2D eigenvalue weighted by atomic mass is 10.1. The van der Waals surface area contributed by atoms with Gasteiger partial charge in [-0.05, 0) is 56.8 Å². The number of nitrogens with zero attached hydrogens (tertiary/aromatic N) is 1. The summed E-state index contributed by atoms with van der Waals surface area (Å²) < 4.78 is 0. The van der Waals surface area contributed by atoms with Gasteiger partial charge in [-0.2, -0.15) is 0 Å². The molecule has 21 heavy (non-hydrogen) atoms. The lowest BCUT2D eigenvalue weighted by Gasteiger charge is -2.29. The van der Waals surface area contributed by atoms with Crippen LogP contribution in [0.15, 0.2) is 30.3 Å². The number of hydrogen-bond donors (Lipinski definition) is 2. The van der Waals surface area contributed by atoms with Crippen molar-refractivity contribution in [3.63, 3.8) is 0 Å². The van der Waals surface area contributed by atoms with Crippen LogP contribution in [0.4, 0.5) is 0 Å². The maximum atomic E-state index is 11.8. The van der Waals surface area contributed by atoms with Gasteiger partial charge in [0.05, 0.1) is 5.56 Å². The van der Waals surface area contributed by atoms with Crippen molar-refractivity contribution in [2.75, 3.05) is 20.1 Å². The van der Waals surface area contributed by atoms with Gasteiger partial charge in [0.25, 0.3) is 0 Å². The average Bonchev–Trinajstić information content (AvgIpc) is 2.48. The van der Waals surface area contributed by atoms with Crippen LogP contribution in [-0.2, 0) is 4.79 Å². The SMILES string of the molecule is CN1CCC(NC(=O)/C=C/c2ccc(C(=O)O)cc2)CC1. The third kappa shape index (κ3) is 4.72. The summed E-state index contributed by atoms with van der Waals surface area (Å²) in [6.07, 6.45) is 5.14. The minimum absolute atomic E-state index is 0.105. The highest BCUT2D eigenvalue weighted by Gasteiger charge is 2.17. The lowest BCUT2D eigenvalue weighted by molar-refractivity contribution is -0.117. The summed E-state index contributed by atoms with van der Waals surface area (Å²) in [7, 11) is 2.08. The molecule has 0 saturated carbocycles. The highest BCUT2D eigenvalue weighted by Crippen LogP contribution is 2.09. The van der Waals surface area contributed by atoms with E-state index in [-0.39, 0.29) is 17.5 Å². The Bertz CT molecular complexity index is 529. The fourth-order valence-corrected chi connectivity index (χ4v) is 2.31. The summed E-state index contributed by atoms with van der Waals surface area (Å²) in [5, 5.41) is 11.8. The molecule has 0 unspecified atom stereocenters. The number of piperidine rings is 1. The molecule has 112 valence electrons. The van der Waals surface area contributed by atoms with E-state index in [9.17, 15) is 9.59 Å². The van der Waals surface area contributed by atoms with Gasteiger partial charge in [-0.15, -0.1) is 0 Å². The molecule has 0 radical (unpaired) electrons. The Morgan fingerprint density at radius 3 is 2.43 bits per heavy atom. The van der Waals surface area contributed by atoms with E-state index in [1.807, 2.05) is 0 Å². The van der Waals surface area contributed by atoms with Crippen LogP contribution in [0.25, 0.3) is 6.08 Å². The first-order chi connectivity index (χ1) is 10.0. The molecule has 1 aliphatic rings. The summed E-state index contributed by atoms with van der Waals surface area (Å²) in [6.45, 7) is 2.01. The number of carboxylic acids is 1. The molecule has 1 aromatic rings. The van der Waals surface area contributed by atoms with Crippen molar-refractivity contribution in [3.05, 3.63) is 41.5 Å². The standard InChI is InChI=1S/C16H20N2O3/c1-18-10-8-14(9-11-18)17-15(19)7-4-12-2-5-13(6-3-12)16(20)21/h2-7,14H,8-11H2,1H3,(H,17,19)(H,20,21)/b7-4+. The molecule has 1 amide bonds. The number of rotatable bonds is 4. The highest BCUT2D eigenvalue weighted by molar-refractivity contribution is 5.92. The van der Waals surface area contributed by atoms with Gasteiger partial charge < -0.3 is 15.3 Å². The molecule has 1 aromatic carbocycles. The zero-order valence-corrected chi connectivity index (χ0v) is 12.1. The summed E-state index contributed by atoms with van der Waals surface area (Å²) in [6, 6.07) is 6.66.